The normalized spacial score (nSPS) is 13.4. The average Bonchev–Trinajstić information content (AvgIpc) is 3.57. The van der Waals surface area contributed by atoms with E-state index in [0.717, 1.165) is 26.7 Å². The van der Waals surface area contributed by atoms with E-state index in [0.29, 0.717) is 18.5 Å². The number of benzene rings is 2. The molecule has 2 heterocycles. The Morgan fingerprint density at radius 3 is 2.32 bits per heavy atom. The molecule has 0 saturated carbocycles. The van der Waals surface area contributed by atoms with Gasteiger partial charge in [-0.15, -0.1) is 22.7 Å². The van der Waals surface area contributed by atoms with E-state index in [4.69, 9.17) is 9.54 Å². The second-order valence-electron chi connectivity index (χ2n) is 8.31. The first-order chi connectivity index (χ1) is 17.9. The number of anilines is 1. The van der Waals surface area contributed by atoms with Gasteiger partial charge in [0.2, 0.25) is 11.8 Å². The fourth-order valence-electron chi connectivity index (χ4n) is 3.81. The van der Waals surface area contributed by atoms with Crippen LogP contribution in [0.2, 0.25) is 0 Å². The summed E-state index contributed by atoms with van der Waals surface area (Å²) in [6.45, 7) is 1.39. The summed E-state index contributed by atoms with van der Waals surface area (Å²) in [5.41, 5.74) is 3.07. The highest BCUT2D eigenvalue weighted by Crippen LogP contribution is 2.31. The molecular weight excluding hydrogens is 529 g/mol. The zero-order chi connectivity index (χ0) is 26.2. The van der Waals surface area contributed by atoms with Crippen molar-refractivity contribution < 1.29 is 18.4 Å². The fourth-order valence-corrected chi connectivity index (χ4v) is 5.84. The molecule has 3 atom stereocenters. The Hall–Kier alpha value is -3.38. The molecule has 0 saturated heterocycles. The minimum absolute atomic E-state index is 0.286. The lowest BCUT2D eigenvalue weighted by atomic mass is 10.0. The molecule has 4 aromatic rings. The van der Waals surface area contributed by atoms with Gasteiger partial charge in [0.25, 0.3) is 11.3 Å². The number of amides is 2. The van der Waals surface area contributed by atoms with Gasteiger partial charge in [-0.25, -0.2) is 9.19 Å². The lowest BCUT2D eigenvalue weighted by Crippen LogP contribution is -2.48. The molecule has 0 aliphatic carbocycles. The molecule has 0 aliphatic rings. The van der Waals surface area contributed by atoms with Crippen LogP contribution in [0, 0.1) is 0 Å². The summed E-state index contributed by atoms with van der Waals surface area (Å²) < 4.78 is 22.5. The van der Waals surface area contributed by atoms with Gasteiger partial charge in [0.1, 0.15) is 11.0 Å². The van der Waals surface area contributed by atoms with Crippen LogP contribution in [0.1, 0.15) is 29.8 Å². The zero-order valence-corrected chi connectivity index (χ0v) is 22.4. The largest absolute Gasteiger partial charge is 0.346 e. The summed E-state index contributed by atoms with van der Waals surface area (Å²) in [6, 6.07) is 19.4. The van der Waals surface area contributed by atoms with Crippen LogP contribution in [0.3, 0.4) is 0 Å². The van der Waals surface area contributed by atoms with Gasteiger partial charge in [-0.3, -0.25) is 18.9 Å². The van der Waals surface area contributed by atoms with E-state index < -0.39 is 23.4 Å². The quantitative estimate of drug-likeness (QED) is 0.203. The predicted octanol–water partition coefficient (Wildman–Crippen LogP) is 4.57. The number of nitrogens with one attached hydrogen (secondary N) is 3. The van der Waals surface area contributed by atoms with E-state index in [-0.39, 0.29) is 11.8 Å². The Labute approximate surface area is 225 Å². The van der Waals surface area contributed by atoms with Crippen molar-refractivity contribution in [2.75, 3.05) is 4.72 Å². The van der Waals surface area contributed by atoms with Crippen LogP contribution in [-0.2, 0) is 33.7 Å². The van der Waals surface area contributed by atoms with Gasteiger partial charge in [0.05, 0.1) is 16.6 Å². The van der Waals surface area contributed by atoms with Crippen molar-refractivity contribution in [3.63, 3.8) is 0 Å². The molecule has 2 aromatic carbocycles. The summed E-state index contributed by atoms with van der Waals surface area (Å²) in [5, 5.41) is 10.7. The molecule has 2 aromatic heterocycles. The van der Waals surface area contributed by atoms with E-state index in [1.165, 1.54) is 18.3 Å². The number of aromatic nitrogens is 1. The summed E-state index contributed by atoms with van der Waals surface area (Å²) in [5.74, 6) is -0.589. The van der Waals surface area contributed by atoms with E-state index in [1.807, 2.05) is 65.4 Å². The summed E-state index contributed by atoms with van der Waals surface area (Å²) in [4.78, 5) is 31.2. The van der Waals surface area contributed by atoms with Gasteiger partial charge in [-0.05, 0) is 41.1 Å². The molecular formula is C26H26N4O4S3. The van der Waals surface area contributed by atoms with Gasteiger partial charge >= 0.3 is 0 Å². The molecule has 1 unspecified atom stereocenters. The van der Waals surface area contributed by atoms with Crippen molar-refractivity contribution in [3.8, 4) is 9.88 Å². The van der Waals surface area contributed by atoms with Gasteiger partial charge in [-0.2, -0.15) is 0 Å². The SMILES string of the molecule is CC(=O)N[C@H](Cc1ccccc1)C(=O)N[C@@H](Cc1ccc(NS(=O)O)cc1)c1csc(-c2cccs2)n1. The van der Waals surface area contributed by atoms with Gasteiger partial charge in [-0.1, -0.05) is 48.5 Å². The fraction of sp³-hybridized carbons (Fsp3) is 0.192. The van der Waals surface area contributed by atoms with Crippen LogP contribution in [0.15, 0.2) is 77.5 Å². The highest BCUT2D eigenvalue weighted by Gasteiger charge is 2.25. The van der Waals surface area contributed by atoms with Gasteiger partial charge in [0, 0.05) is 24.4 Å². The van der Waals surface area contributed by atoms with Gasteiger partial charge < -0.3 is 10.6 Å². The summed E-state index contributed by atoms with van der Waals surface area (Å²) in [6.07, 6.45) is 0.801. The minimum Gasteiger partial charge on any atom is -0.346 e. The highest BCUT2D eigenvalue weighted by atomic mass is 32.2. The number of rotatable bonds is 11. The topological polar surface area (TPSA) is 120 Å². The number of carbonyl (C=O) groups excluding carboxylic acids is 2. The van der Waals surface area contributed by atoms with Crippen LogP contribution in [-0.4, -0.2) is 31.6 Å². The van der Waals surface area contributed by atoms with Crippen molar-refractivity contribution in [3.05, 3.63) is 94.3 Å². The number of thiophene rings is 1. The second-order valence-corrected chi connectivity index (χ2v) is 10.8. The molecule has 37 heavy (non-hydrogen) atoms. The average molecular weight is 555 g/mol. The van der Waals surface area contributed by atoms with Crippen molar-refractivity contribution in [2.45, 2.75) is 31.8 Å². The maximum Gasteiger partial charge on any atom is 0.259 e. The number of thiazole rings is 1. The standard InChI is InChI=1S/C26H26N4O4S3/c1-17(31)27-22(15-18-6-3-2-4-7-18)25(32)28-21(14-19-9-11-20(12-10-19)30-37(33)34)23-16-36-26(29-23)24-8-5-13-35-24/h2-13,16,21-22,30H,14-15H2,1H3,(H,27,31)(H,28,32)(H,33,34)/t21-,22+/m0/s1. The highest BCUT2D eigenvalue weighted by molar-refractivity contribution is 7.80. The van der Waals surface area contributed by atoms with Crippen molar-refractivity contribution >= 4 is 51.4 Å². The molecule has 11 heteroatoms. The molecule has 0 radical (unpaired) electrons. The minimum atomic E-state index is -2.16. The maximum absolute atomic E-state index is 13.4. The summed E-state index contributed by atoms with van der Waals surface area (Å²) >= 11 is 0.950. The first-order valence-electron chi connectivity index (χ1n) is 11.4. The molecule has 0 aliphatic heterocycles. The zero-order valence-electron chi connectivity index (χ0n) is 19.9. The smallest absolute Gasteiger partial charge is 0.259 e. The molecule has 192 valence electrons. The molecule has 0 fully saturated rings. The number of hydrogen-bond donors (Lipinski definition) is 4. The third-order valence-corrected chi connectivity index (χ3v) is 7.81. The Balaban J connectivity index is 1.58. The molecule has 4 rings (SSSR count). The summed E-state index contributed by atoms with van der Waals surface area (Å²) in [7, 11) is 0. The lowest BCUT2D eigenvalue weighted by Gasteiger charge is -2.23. The maximum atomic E-state index is 13.4. The third-order valence-electron chi connectivity index (χ3n) is 5.50. The van der Waals surface area contributed by atoms with Crippen molar-refractivity contribution in [1.29, 1.82) is 0 Å². The van der Waals surface area contributed by atoms with Crippen LogP contribution in [0.4, 0.5) is 5.69 Å². The van der Waals surface area contributed by atoms with Crippen LogP contribution in [0.5, 0.6) is 0 Å². The Morgan fingerprint density at radius 1 is 0.946 bits per heavy atom. The molecule has 2 amide bonds. The van der Waals surface area contributed by atoms with Crippen LogP contribution in [0.25, 0.3) is 9.88 Å². The van der Waals surface area contributed by atoms with E-state index >= 15 is 0 Å². The van der Waals surface area contributed by atoms with Crippen molar-refractivity contribution in [2.24, 2.45) is 0 Å². The van der Waals surface area contributed by atoms with Crippen molar-refractivity contribution in [1.82, 2.24) is 15.6 Å². The van der Waals surface area contributed by atoms with Crippen LogP contribution >= 0.6 is 22.7 Å². The monoisotopic (exact) mass is 554 g/mol. The Bertz CT molecular complexity index is 1340. The third kappa shape index (κ3) is 7.80. The van der Waals surface area contributed by atoms with E-state index in [2.05, 4.69) is 15.4 Å². The lowest BCUT2D eigenvalue weighted by molar-refractivity contribution is -0.128. The predicted molar refractivity (Wildman–Crippen MR) is 149 cm³/mol. The van der Waals surface area contributed by atoms with Gasteiger partial charge in [0.15, 0.2) is 0 Å². The first-order valence-corrected chi connectivity index (χ1v) is 14.3. The molecule has 0 bridgehead atoms. The molecule has 8 nitrogen and oxygen atoms in total. The number of nitrogens with zero attached hydrogens (tertiary/aromatic N) is 1. The van der Waals surface area contributed by atoms with Crippen LogP contribution < -0.4 is 15.4 Å². The van der Waals surface area contributed by atoms with E-state index in [1.54, 1.807) is 23.5 Å². The Kier molecular flexibility index (Phi) is 9.18. The molecule has 4 N–H and O–H groups in total. The van der Waals surface area contributed by atoms with E-state index in [9.17, 15) is 13.8 Å². The number of carbonyl (C=O) groups is 2. The Morgan fingerprint density at radius 2 is 1.68 bits per heavy atom. The second kappa shape index (κ2) is 12.7. The first kappa shape index (κ1) is 26.7. The number of hydrogen-bond acceptors (Lipinski definition) is 6. The molecule has 0 spiro atoms.